The maximum atomic E-state index is 8.60. The third-order valence-electron chi connectivity index (χ3n) is 3.95. The van der Waals surface area contributed by atoms with Crippen molar-refractivity contribution in [1.82, 2.24) is 14.9 Å². The zero-order chi connectivity index (χ0) is 13.1. The van der Waals surface area contributed by atoms with Gasteiger partial charge in [0.25, 0.3) is 0 Å². The van der Waals surface area contributed by atoms with Crippen LogP contribution in [-0.4, -0.2) is 47.1 Å². The molecule has 1 aromatic rings. The van der Waals surface area contributed by atoms with Gasteiger partial charge in [-0.05, 0) is 24.5 Å². The van der Waals surface area contributed by atoms with Crippen LogP contribution in [0.3, 0.4) is 0 Å². The van der Waals surface area contributed by atoms with Crippen LogP contribution >= 0.6 is 0 Å². The molecule has 0 radical (unpaired) electrons. The number of likely N-dealkylation sites (tertiary alicyclic amines) is 1. The van der Waals surface area contributed by atoms with Gasteiger partial charge in [0.1, 0.15) is 12.1 Å². The lowest BCUT2D eigenvalue weighted by molar-refractivity contribution is 0.148. The van der Waals surface area contributed by atoms with Gasteiger partial charge in [-0.1, -0.05) is 0 Å². The number of aromatic nitrogens is 2. The number of nitriles is 1. The molecule has 2 aliphatic rings. The fraction of sp³-hybridized carbons (Fsp3) is 0.500. The second kappa shape index (κ2) is 5.37. The van der Waals surface area contributed by atoms with Crippen molar-refractivity contribution >= 4 is 5.82 Å². The van der Waals surface area contributed by atoms with E-state index in [0.29, 0.717) is 6.04 Å². The molecule has 0 spiro atoms. The summed E-state index contributed by atoms with van der Waals surface area (Å²) in [5, 5.41) is 8.60. The van der Waals surface area contributed by atoms with Gasteiger partial charge < -0.3 is 4.90 Å². The Morgan fingerprint density at radius 2 is 2.11 bits per heavy atom. The smallest absolute Gasteiger partial charge is 0.131 e. The van der Waals surface area contributed by atoms with E-state index in [0.717, 1.165) is 32.0 Å². The molecule has 5 heteroatoms. The van der Waals surface area contributed by atoms with Crippen molar-refractivity contribution in [3.8, 4) is 6.07 Å². The molecule has 0 saturated carbocycles. The minimum absolute atomic E-state index is 0.661. The minimum atomic E-state index is 0.661. The molecule has 0 aliphatic carbocycles. The predicted octanol–water partition coefficient (Wildman–Crippen LogP) is 1.21. The topological polar surface area (TPSA) is 56.1 Å². The molecule has 0 amide bonds. The second-order valence-corrected chi connectivity index (χ2v) is 5.12. The minimum Gasteiger partial charge on any atom is -0.356 e. The Kier molecular flexibility index (Phi) is 3.43. The molecular weight excluding hydrogens is 238 g/mol. The van der Waals surface area contributed by atoms with E-state index in [2.05, 4.69) is 25.8 Å². The van der Waals surface area contributed by atoms with Crippen molar-refractivity contribution < 1.29 is 0 Å². The second-order valence-electron chi connectivity index (χ2n) is 5.12. The summed E-state index contributed by atoms with van der Waals surface area (Å²) in [5.41, 5.74) is 1.26. The lowest BCUT2D eigenvalue weighted by Crippen LogP contribution is -2.51. The Hall–Kier alpha value is -1.93. The third kappa shape index (κ3) is 2.59. The van der Waals surface area contributed by atoms with Crippen molar-refractivity contribution in [3.05, 3.63) is 30.2 Å². The first-order valence-electron chi connectivity index (χ1n) is 6.69. The summed E-state index contributed by atoms with van der Waals surface area (Å²) in [6, 6.07) is 4.74. The van der Waals surface area contributed by atoms with Gasteiger partial charge in [0, 0.05) is 44.5 Å². The summed E-state index contributed by atoms with van der Waals surface area (Å²) < 4.78 is 0. The molecule has 2 fully saturated rings. The van der Waals surface area contributed by atoms with Gasteiger partial charge in [-0.3, -0.25) is 4.90 Å². The van der Waals surface area contributed by atoms with Crippen LogP contribution in [0.25, 0.3) is 0 Å². The summed E-state index contributed by atoms with van der Waals surface area (Å²) >= 11 is 0. The van der Waals surface area contributed by atoms with E-state index in [-0.39, 0.29) is 0 Å². The van der Waals surface area contributed by atoms with Crippen LogP contribution in [0.1, 0.15) is 12.8 Å². The van der Waals surface area contributed by atoms with Crippen molar-refractivity contribution in [1.29, 1.82) is 5.26 Å². The van der Waals surface area contributed by atoms with Crippen molar-refractivity contribution in [2.24, 2.45) is 0 Å². The van der Waals surface area contributed by atoms with E-state index in [4.69, 9.17) is 5.26 Å². The Morgan fingerprint density at radius 3 is 2.74 bits per heavy atom. The van der Waals surface area contributed by atoms with Crippen LogP contribution in [0, 0.1) is 11.3 Å². The monoisotopic (exact) mass is 255 g/mol. The number of hydrogen-bond donors (Lipinski definition) is 0. The molecule has 0 atom stereocenters. The van der Waals surface area contributed by atoms with Gasteiger partial charge >= 0.3 is 0 Å². The summed E-state index contributed by atoms with van der Waals surface area (Å²) in [4.78, 5) is 13.0. The molecule has 3 heterocycles. The number of piperidine rings is 1. The molecule has 3 rings (SSSR count). The first-order chi connectivity index (χ1) is 9.36. The predicted molar refractivity (Wildman–Crippen MR) is 72.5 cm³/mol. The van der Waals surface area contributed by atoms with E-state index >= 15 is 0 Å². The highest BCUT2D eigenvalue weighted by Gasteiger charge is 2.30. The molecule has 2 aliphatic heterocycles. The first-order valence-corrected chi connectivity index (χ1v) is 6.69. The quantitative estimate of drug-likeness (QED) is 0.743. The first kappa shape index (κ1) is 12.1. The lowest BCUT2D eigenvalue weighted by Gasteiger charge is -2.44. The van der Waals surface area contributed by atoms with Crippen LogP contribution < -0.4 is 4.90 Å². The Bertz CT molecular complexity index is 488. The highest BCUT2D eigenvalue weighted by molar-refractivity contribution is 5.37. The third-order valence-corrected chi connectivity index (χ3v) is 3.95. The van der Waals surface area contributed by atoms with Crippen LogP contribution in [0.4, 0.5) is 5.82 Å². The Balaban J connectivity index is 1.51. The van der Waals surface area contributed by atoms with Crippen molar-refractivity contribution in [2.45, 2.75) is 18.9 Å². The van der Waals surface area contributed by atoms with E-state index < -0.39 is 0 Å². The van der Waals surface area contributed by atoms with Crippen molar-refractivity contribution in [3.63, 3.8) is 0 Å². The fourth-order valence-electron chi connectivity index (χ4n) is 2.85. The molecule has 2 saturated heterocycles. The maximum Gasteiger partial charge on any atom is 0.131 e. The van der Waals surface area contributed by atoms with Gasteiger partial charge in [-0.2, -0.15) is 5.26 Å². The summed E-state index contributed by atoms with van der Waals surface area (Å²) in [6.07, 6.45) is 7.43. The van der Waals surface area contributed by atoms with Crippen LogP contribution in [0.5, 0.6) is 0 Å². The zero-order valence-electron chi connectivity index (χ0n) is 10.9. The fourth-order valence-corrected chi connectivity index (χ4v) is 2.85. The highest BCUT2D eigenvalue weighted by atomic mass is 15.3. The molecule has 98 valence electrons. The van der Waals surface area contributed by atoms with E-state index in [1.54, 1.807) is 18.6 Å². The molecule has 0 aromatic carbocycles. The van der Waals surface area contributed by atoms with Crippen LogP contribution in [0.2, 0.25) is 0 Å². The average molecular weight is 255 g/mol. The molecule has 19 heavy (non-hydrogen) atoms. The molecule has 5 nitrogen and oxygen atoms in total. The number of allylic oxidation sites excluding steroid dienone is 1. The largest absolute Gasteiger partial charge is 0.356 e. The number of anilines is 1. The lowest BCUT2D eigenvalue weighted by atomic mass is 9.97. The van der Waals surface area contributed by atoms with Gasteiger partial charge in [0.15, 0.2) is 0 Å². The number of rotatable bonds is 2. The highest BCUT2D eigenvalue weighted by Crippen LogP contribution is 2.25. The standard InChI is InChI=1S/C14H17N5/c15-5-1-12-9-19(10-12)13-3-7-18(8-4-13)14-2-6-16-11-17-14/h1-2,6,11,13H,3-4,7-10H2. The molecule has 0 N–H and O–H groups in total. The number of nitrogens with zero attached hydrogens (tertiary/aromatic N) is 5. The molecule has 0 bridgehead atoms. The van der Waals surface area contributed by atoms with Crippen molar-refractivity contribution in [2.75, 3.05) is 31.1 Å². The number of hydrogen-bond acceptors (Lipinski definition) is 5. The van der Waals surface area contributed by atoms with E-state index in [1.165, 1.54) is 18.4 Å². The van der Waals surface area contributed by atoms with E-state index in [1.807, 2.05) is 6.07 Å². The van der Waals surface area contributed by atoms with Gasteiger partial charge in [0.2, 0.25) is 0 Å². The SMILES string of the molecule is N#CC=C1CN(C2CCN(c3ccncn3)CC2)C1. The zero-order valence-corrected chi connectivity index (χ0v) is 10.9. The summed E-state index contributed by atoms with van der Waals surface area (Å²) in [6.45, 7) is 4.06. The van der Waals surface area contributed by atoms with Gasteiger partial charge in [-0.25, -0.2) is 9.97 Å². The van der Waals surface area contributed by atoms with Crippen LogP contribution in [-0.2, 0) is 0 Å². The average Bonchev–Trinajstić information content (AvgIpc) is 2.44. The van der Waals surface area contributed by atoms with Gasteiger partial charge in [-0.15, -0.1) is 0 Å². The Labute approximate surface area is 113 Å². The molecular formula is C14H17N5. The van der Waals surface area contributed by atoms with Crippen LogP contribution in [0.15, 0.2) is 30.2 Å². The normalized spacial score (nSPS) is 20.8. The molecule has 1 aromatic heterocycles. The summed E-state index contributed by atoms with van der Waals surface area (Å²) in [5.74, 6) is 1.03. The van der Waals surface area contributed by atoms with E-state index in [9.17, 15) is 0 Å². The maximum absolute atomic E-state index is 8.60. The van der Waals surface area contributed by atoms with Gasteiger partial charge in [0.05, 0.1) is 6.07 Å². The molecule has 0 unspecified atom stereocenters. The Morgan fingerprint density at radius 1 is 1.32 bits per heavy atom. The summed E-state index contributed by atoms with van der Waals surface area (Å²) in [7, 11) is 0.